The summed E-state index contributed by atoms with van der Waals surface area (Å²) in [5, 5.41) is 6.95. The number of methoxy groups -OCH3 is 1. The lowest BCUT2D eigenvalue weighted by Gasteiger charge is -2.25. The molecular formula is C13H24N2OS. The molecule has 2 atom stereocenters. The molecule has 1 N–H and O–H groups in total. The van der Waals surface area contributed by atoms with Crippen molar-refractivity contribution in [2.24, 2.45) is 5.92 Å². The quantitative estimate of drug-likeness (QED) is 0.814. The van der Waals surface area contributed by atoms with Gasteiger partial charge in [-0.15, -0.1) is 11.3 Å². The molecule has 0 saturated carbocycles. The molecule has 0 aromatic carbocycles. The summed E-state index contributed by atoms with van der Waals surface area (Å²) < 4.78 is 5.25. The Bertz CT molecular complexity index is 325. The van der Waals surface area contributed by atoms with Gasteiger partial charge in [0, 0.05) is 24.6 Å². The summed E-state index contributed by atoms with van der Waals surface area (Å²) in [5.41, 5.74) is 1.15. The Morgan fingerprint density at radius 1 is 1.41 bits per heavy atom. The van der Waals surface area contributed by atoms with E-state index < -0.39 is 0 Å². The predicted molar refractivity (Wildman–Crippen MR) is 73.5 cm³/mol. The third-order valence-electron chi connectivity index (χ3n) is 2.93. The Kier molecular flexibility index (Phi) is 6.09. The van der Waals surface area contributed by atoms with Crippen molar-refractivity contribution in [3.8, 4) is 0 Å². The second kappa shape index (κ2) is 7.09. The molecule has 0 radical (unpaired) electrons. The maximum Gasteiger partial charge on any atom is 0.0926 e. The van der Waals surface area contributed by atoms with Gasteiger partial charge in [-0.3, -0.25) is 0 Å². The van der Waals surface area contributed by atoms with Gasteiger partial charge >= 0.3 is 0 Å². The van der Waals surface area contributed by atoms with Crippen LogP contribution in [0, 0.1) is 5.92 Å². The van der Waals surface area contributed by atoms with Crippen molar-refractivity contribution in [1.82, 2.24) is 10.3 Å². The molecule has 1 aromatic rings. The molecule has 0 aliphatic rings. The summed E-state index contributed by atoms with van der Waals surface area (Å²) in [5.74, 6) is 0.557. The largest absolute Gasteiger partial charge is 0.383 e. The van der Waals surface area contributed by atoms with Gasteiger partial charge in [0.15, 0.2) is 0 Å². The summed E-state index contributed by atoms with van der Waals surface area (Å²) in [6.07, 6.45) is 1.02. The lowest BCUT2D eigenvalue weighted by molar-refractivity contribution is 0.141. The number of ether oxygens (including phenoxy) is 1. The van der Waals surface area contributed by atoms with Crippen molar-refractivity contribution in [2.45, 2.75) is 46.2 Å². The molecule has 98 valence electrons. The van der Waals surface area contributed by atoms with Crippen LogP contribution in [0.2, 0.25) is 0 Å². The molecule has 0 bridgehead atoms. The molecule has 0 aliphatic carbocycles. The monoisotopic (exact) mass is 256 g/mol. The van der Waals surface area contributed by atoms with Gasteiger partial charge < -0.3 is 10.1 Å². The molecule has 0 spiro atoms. The van der Waals surface area contributed by atoms with E-state index in [1.54, 1.807) is 18.4 Å². The summed E-state index contributed by atoms with van der Waals surface area (Å²) in [6, 6.07) is 0.663. The SMILES string of the molecule is CCc1nc([C@@H](C)N[C@@H](COC)C(C)C)cs1. The van der Waals surface area contributed by atoms with Gasteiger partial charge in [0.1, 0.15) is 0 Å². The molecule has 0 amide bonds. The van der Waals surface area contributed by atoms with Crippen LogP contribution >= 0.6 is 11.3 Å². The molecule has 17 heavy (non-hydrogen) atoms. The van der Waals surface area contributed by atoms with Crippen molar-refractivity contribution in [2.75, 3.05) is 13.7 Å². The van der Waals surface area contributed by atoms with Crippen molar-refractivity contribution in [3.63, 3.8) is 0 Å². The molecule has 4 heteroatoms. The first-order valence-corrected chi connectivity index (χ1v) is 7.15. The van der Waals surface area contributed by atoms with Crippen LogP contribution in [0.4, 0.5) is 0 Å². The zero-order chi connectivity index (χ0) is 12.8. The fraction of sp³-hybridized carbons (Fsp3) is 0.769. The number of aromatic nitrogens is 1. The Hall–Kier alpha value is -0.450. The lowest BCUT2D eigenvalue weighted by Crippen LogP contribution is -2.39. The Balaban J connectivity index is 2.59. The number of thiazole rings is 1. The number of nitrogens with one attached hydrogen (secondary N) is 1. The maximum atomic E-state index is 5.25. The van der Waals surface area contributed by atoms with Crippen molar-refractivity contribution < 1.29 is 4.74 Å². The van der Waals surface area contributed by atoms with Crippen molar-refractivity contribution in [1.29, 1.82) is 0 Å². The first-order valence-electron chi connectivity index (χ1n) is 6.27. The Morgan fingerprint density at radius 2 is 2.12 bits per heavy atom. The van der Waals surface area contributed by atoms with Crippen LogP contribution in [0.1, 0.15) is 44.4 Å². The summed E-state index contributed by atoms with van der Waals surface area (Å²) >= 11 is 1.74. The minimum Gasteiger partial charge on any atom is -0.383 e. The van der Waals surface area contributed by atoms with Crippen LogP contribution in [-0.2, 0) is 11.2 Å². The summed E-state index contributed by atoms with van der Waals surface area (Å²) in [6.45, 7) is 9.47. The highest BCUT2D eigenvalue weighted by atomic mass is 32.1. The first kappa shape index (κ1) is 14.6. The summed E-state index contributed by atoms with van der Waals surface area (Å²) in [7, 11) is 1.75. The molecule has 0 fully saturated rings. The average Bonchev–Trinajstić information content (AvgIpc) is 2.76. The normalized spacial score (nSPS) is 15.2. The van der Waals surface area contributed by atoms with Gasteiger partial charge in [-0.2, -0.15) is 0 Å². The van der Waals surface area contributed by atoms with E-state index in [9.17, 15) is 0 Å². The summed E-state index contributed by atoms with van der Waals surface area (Å²) in [4.78, 5) is 4.62. The van der Waals surface area contributed by atoms with Crippen LogP contribution in [0.25, 0.3) is 0 Å². The van der Waals surface area contributed by atoms with Crippen molar-refractivity contribution in [3.05, 3.63) is 16.1 Å². The van der Waals surface area contributed by atoms with Crippen LogP contribution in [0.3, 0.4) is 0 Å². The number of hydrogen-bond donors (Lipinski definition) is 1. The van der Waals surface area contributed by atoms with Gasteiger partial charge in [0.25, 0.3) is 0 Å². The van der Waals surface area contributed by atoms with E-state index in [1.807, 2.05) is 0 Å². The van der Waals surface area contributed by atoms with Crippen LogP contribution in [-0.4, -0.2) is 24.7 Å². The van der Waals surface area contributed by atoms with Gasteiger partial charge in [-0.1, -0.05) is 20.8 Å². The highest BCUT2D eigenvalue weighted by molar-refractivity contribution is 7.09. The molecule has 1 heterocycles. The van der Waals surface area contributed by atoms with Gasteiger partial charge in [0.05, 0.1) is 17.3 Å². The standard InChI is InChI=1S/C13H24N2OS/c1-6-13-15-12(8-17-13)10(4)14-11(7-16-5)9(2)3/h8-11,14H,6-7H2,1-5H3/t10-,11+/m1/s1. The number of nitrogens with zero attached hydrogens (tertiary/aromatic N) is 1. The van der Waals surface area contributed by atoms with Gasteiger partial charge in [0.2, 0.25) is 0 Å². The molecule has 0 unspecified atom stereocenters. The van der Waals surface area contributed by atoms with E-state index in [0.29, 0.717) is 12.0 Å². The fourth-order valence-electron chi connectivity index (χ4n) is 1.71. The third kappa shape index (κ3) is 4.37. The zero-order valence-corrected chi connectivity index (χ0v) is 12.3. The maximum absolute atomic E-state index is 5.25. The highest BCUT2D eigenvalue weighted by Crippen LogP contribution is 2.18. The number of rotatable bonds is 7. The smallest absolute Gasteiger partial charge is 0.0926 e. The lowest BCUT2D eigenvalue weighted by atomic mass is 10.0. The molecular weight excluding hydrogens is 232 g/mol. The van der Waals surface area contributed by atoms with E-state index in [4.69, 9.17) is 4.74 Å². The minimum atomic E-state index is 0.286. The molecule has 3 nitrogen and oxygen atoms in total. The Labute approximate surface area is 109 Å². The molecule has 1 rings (SSSR count). The first-order chi connectivity index (χ1) is 8.08. The second-order valence-corrected chi connectivity index (χ2v) is 5.66. The average molecular weight is 256 g/mol. The molecule has 1 aromatic heterocycles. The van der Waals surface area contributed by atoms with E-state index >= 15 is 0 Å². The third-order valence-corrected chi connectivity index (χ3v) is 3.94. The predicted octanol–water partition coefficient (Wildman–Crippen LogP) is 3.03. The van der Waals surface area contributed by atoms with E-state index in [0.717, 1.165) is 18.7 Å². The van der Waals surface area contributed by atoms with E-state index in [1.165, 1.54) is 5.01 Å². The second-order valence-electron chi connectivity index (χ2n) is 4.71. The number of aryl methyl sites for hydroxylation is 1. The van der Waals surface area contributed by atoms with E-state index in [2.05, 4.69) is 43.4 Å². The topological polar surface area (TPSA) is 34.2 Å². The van der Waals surface area contributed by atoms with Crippen molar-refractivity contribution >= 4 is 11.3 Å². The zero-order valence-electron chi connectivity index (χ0n) is 11.5. The van der Waals surface area contributed by atoms with Crippen LogP contribution < -0.4 is 5.32 Å². The van der Waals surface area contributed by atoms with Gasteiger partial charge in [-0.05, 0) is 19.3 Å². The van der Waals surface area contributed by atoms with Gasteiger partial charge in [-0.25, -0.2) is 4.98 Å². The van der Waals surface area contributed by atoms with E-state index in [-0.39, 0.29) is 6.04 Å². The van der Waals surface area contributed by atoms with Crippen LogP contribution in [0.5, 0.6) is 0 Å². The van der Waals surface area contributed by atoms with Crippen LogP contribution in [0.15, 0.2) is 5.38 Å². The number of hydrogen-bond acceptors (Lipinski definition) is 4. The minimum absolute atomic E-state index is 0.286. The molecule has 0 saturated heterocycles. The Morgan fingerprint density at radius 3 is 2.59 bits per heavy atom. The highest BCUT2D eigenvalue weighted by Gasteiger charge is 2.18. The fourth-order valence-corrected chi connectivity index (χ4v) is 2.54. The molecule has 0 aliphatic heterocycles.